The van der Waals surface area contributed by atoms with Gasteiger partial charge in [0.1, 0.15) is 0 Å². The van der Waals surface area contributed by atoms with Gasteiger partial charge in [0.2, 0.25) is 5.78 Å². The molecule has 0 aromatic rings. The van der Waals surface area contributed by atoms with E-state index < -0.39 is 64.4 Å². The Morgan fingerprint density at radius 2 is 1.81 bits per heavy atom. The molecule has 0 aromatic heterocycles. The first-order valence-electron chi connectivity index (χ1n) is 13.0. The molecule has 0 bridgehead atoms. The summed E-state index contributed by atoms with van der Waals surface area (Å²) in [6, 6.07) is 0. The number of esters is 2. The monoisotopic (exact) mass is 504 g/mol. The van der Waals surface area contributed by atoms with Crippen molar-refractivity contribution in [2.24, 2.45) is 28.6 Å². The Balaban J connectivity index is 1.80. The first-order valence-corrected chi connectivity index (χ1v) is 13.0. The van der Waals surface area contributed by atoms with Crippen molar-refractivity contribution in [3.63, 3.8) is 0 Å². The summed E-state index contributed by atoms with van der Waals surface area (Å²) >= 11 is 0. The normalized spacial score (nSPS) is 43.1. The molecule has 1 unspecified atom stereocenters. The molecule has 4 aliphatic rings. The van der Waals surface area contributed by atoms with Crippen LogP contribution < -0.4 is 0 Å². The van der Waals surface area contributed by atoms with Crippen LogP contribution in [0, 0.1) is 28.6 Å². The number of halogens is 1. The van der Waals surface area contributed by atoms with Gasteiger partial charge in [0.15, 0.2) is 23.7 Å². The standard InChI is InChI=1S/C28H37FO7/c1-6-23(33)35-15-22(32)28(36-24(34)7-2)16(3)12-20-19-9-8-17-13-18(30)10-11-25(17,4)27(19,29)21(31)14-26(20,28)5/h10-11,13,16,19-21,31H,6-9,12,14-15H2,1-5H3/t16-,19+,20-,21+,25+,26+,27?,28-/m1/s1. The van der Waals surface area contributed by atoms with E-state index in [2.05, 4.69) is 0 Å². The number of allylic oxidation sites excluding steroid dienone is 4. The quantitative estimate of drug-likeness (QED) is 0.548. The first-order chi connectivity index (χ1) is 16.8. The van der Waals surface area contributed by atoms with E-state index in [0.717, 1.165) is 0 Å². The van der Waals surface area contributed by atoms with Gasteiger partial charge in [-0.05, 0) is 50.7 Å². The maximum Gasteiger partial charge on any atom is 0.306 e. The smallest absolute Gasteiger partial charge is 0.306 e. The van der Waals surface area contributed by atoms with Gasteiger partial charge in [0.05, 0.1) is 6.10 Å². The number of carbonyl (C=O) groups is 4. The maximum atomic E-state index is 17.4. The molecule has 0 saturated heterocycles. The van der Waals surface area contributed by atoms with Crippen LogP contribution in [-0.4, -0.2) is 52.6 Å². The van der Waals surface area contributed by atoms with Crippen molar-refractivity contribution in [1.82, 2.24) is 0 Å². The van der Waals surface area contributed by atoms with Gasteiger partial charge in [-0.1, -0.05) is 39.3 Å². The number of fused-ring (bicyclic) bond motifs is 5. The summed E-state index contributed by atoms with van der Waals surface area (Å²) in [5, 5.41) is 11.5. The molecule has 0 heterocycles. The minimum Gasteiger partial charge on any atom is -0.457 e. The average molecular weight is 505 g/mol. The molecule has 198 valence electrons. The van der Waals surface area contributed by atoms with E-state index in [1.54, 1.807) is 33.8 Å². The van der Waals surface area contributed by atoms with Crippen molar-refractivity contribution < 1.29 is 38.1 Å². The summed E-state index contributed by atoms with van der Waals surface area (Å²) in [5.41, 5.74) is -5.26. The molecule has 0 aliphatic heterocycles. The highest BCUT2D eigenvalue weighted by Crippen LogP contribution is 2.71. The predicted molar refractivity (Wildman–Crippen MR) is 128 cm³/mol. The summed E-state index contributed by atoms with van der Waals surface area (Å²) in [6.07, 6.45) is 4.32. The number of rotatable bonds is 6. The number of alkyl halides is 1. The van der Waals surface area contributed by atoms with Crippen molar-refractivity contribution in [3.8, 4) is 0 Å². The van der Waals surface area contributed by atoms with Gasteiger partial charge < -0.3 is 14.6 Å². The molecular weight excluding hydrogens is 467 g/mol. The van der Waals surface area contributed by atoms with E-state index in [1.807, 2.05) is 6.92 Å². The first kappa shape index (κ1) is 26.7. The number of aliphatic hydroxyl groups excluding tert-OH is 1. The molecule has 8 atom stereocenters. The molecule has 3 saturated carbocycles. The van der Waals surface area contributed by atoms with Crippen LogP contribution >= 0.6 is 0 Å². The lowest BCUT2D eigenvalue weighted by Crippen LogP contribution is -2.70. The lowest BCUT2D eigenvalue weighted by atomic mass is 9.44. The van der Waals surface area contributed by atoms with Crippen LogP contribution in [0.1, 0.15) is 73.1 Å². The van der Waals surface area contributed by atoms with E-state index in [9.17, 15) is 24.3 Å². The van der Waals surface area contributed by atoms with Crippen LogP contribution in [-0.2, 0) is 28.7 Å². The highest BCUT2D eigenvalue weighted by molar-refractivity contribution is 6.01. The van der Waals surface area contributed by atoms with Gasteiger partial charge >= 0.3 is 11.9 Å². The Morgan fingerprint density at radius 3 is 2.44 bits per heavy atom. The molecule has 4 aliphatic carbocycles. The fourth-order valence-electron chi connectivity index (χ4n) is 8.01. The Labute approximate surface area is 211 Å². The van der Waals surface area contributed by atoms with Crippen LogP contribution in [0.25, 0.3) is 0 Å². The van der Waals surface area contributed by atoms with E-state index in [-0.39, 0.29) is 31.0 Å². The van der Waals surface area contributed by atoms with Gasteiger partial charge in [-0.15, -0.1) is 0 Å². The zero-order valence-corrected chi connectivity index (χ0v) is 21.8. The van der Waals surface area contributed by atoms with Crippen LogP contribution in [0.4, 0.5) is 4.39 Å². The molecule has 0 aromatic carbocycles. The summed E-state index contributed by atoms with van der Waals surface area (Å²) in [4.78, 5) is 50.3. The minimum atomic E-state index is -2.05. The van der Waals surface area contributed by atoms with E-state index in [1.165, 1.54) is 12.2 Å². The van der Waals surface area contributed by atoms with Gasteiger partial charge in [-0.3, -0.25) is 19.2 Å². The molecule has 36 heavy (non-hydrogen) atoms. The van der Waals surface area contributed by atoms with Crippen LogP contribution in [0.15, 0.2) is 23.8 Å². The van der Waals surface area contributed by atoms with Gasteiger partial charge in [-0.2, -0.15) is 0 Å². The average Bonchev–Trinajstić information content (AvgIpc) is 3.05. The largest absolute Gasteiger partial charge is 0.457 e. The zero-order chi connectivity index (χ0) is 26.7. The fourth-order valence-corrected chi connectivity index (χ4v) is 8.01. The Kier molecular flexibility index (Phi) is 6.60. The molecular formula is C28H37FO7. The Bertz CT molecular complexity index is 1050. The van der Waals surface area contributed by atoms with Crippen LogP contribution in [0.5, 0.6) is 0 Å². The Morgan fingerprint density at radius 1 is 1.14 bits per heavy atom. The maximum absolute atomic E-state index is 17.4. The van der Waals surface area contributed by atoms with Crippen LogP contribution in [0.3, 0.4) is 0 Å². The van der Waals surface area contributed by atoms with Crippen molar-refractivity contribution in [2.45, 2.75) is 90.5 Å². The number of hydrogen-bond acceptors (Lipinski definition) is 7. The van der Waals surface area contributed by atoms with Gasteiger partial charge in [0.25, 0.3) is 0 Å². The summed E-state index contributed by atoms with van der Waals surface area (Å²) in [5.74, 6) is -3.31. The van der Waals surface area contributed by atoms with Crippen molar-refractivity contribution in [1.29, 1.82) is 0 Å². The van der Waals surface area contributed by atoms with Crippen molar-refractivity contribution in [3.05, 3.63) is 23.8 Å². The zero-order valence-electron chi connectivity index (χ0n) is 21.8. The van der Waals surface area contributed by atoms with E-state index >= 15 is 4.39 Å². The number of carbonyl (C=O) groups excluding carboxylic acids is 4. The summed E-state index contributed by atoms with van der Waals surface area (Å²) in [6.45, 7) is 8.05. The number of Topliss-reactive ketones (excluding diaryl/α,β-unsaturated/α-hetero) is 1. The molecule has 0 radical (unpaired) electrons. The summed E-state index contributed by atoms with van der Waals surface area (Å²) in [7, 11) is 0. The third kappa shape index (κ3) is 3.39. The van der Waals surface area contributed by atoms with E-state index in [0.29, 0.717) is 24.8 Å². The number of aliphatic hydroxyl groups is 1. The SMILES string of the molecule is CCC(=O)OCC(=O)[C@]1(OC(=O)CC)[C@H](C)C[C@@H]2[C@@H]3CCC4=CC(=O)C=C[C@]4(C)C3(F)[C@@H](O)C[C@@]21C. The van der Waals surface area contributed by atoms with Gasteiger partial charge in [0, 0.05) is 35.5 Å². The molecule has 0 amide bonds. The lowest BCUT2D eigenvalue weighted by Gasteiger charge is -2.62. The highest BCUT2D eigenvalue weighted by atomic mass is 19.1. The number of hydrogen-bond donors (Lipinski definition) is 1. The molecule has 3 fully saturated rings. The lowest BCUT2D eigenvalue weighted by molar-refractivity contribution is -0.228. The second-order valence-corrected chi connectivity index (χ2v) is 11.4. The molecule has 4 rings (SSSR count). The molecule has 1 N–H and O–H groups in total. The van der Waals surface area contributed by atoms with E-state index in [4.69, 9.17) is 9.47 Å². The predicted octanol–water partition coefficient (Wildman–Crippen LogP) is 3.82. The third-order valence-corrected chi connectivity index (χ3v) is 9.81. The number of ether oxygens (including phenoxy) is 2. The fraction of sp³-hybridized carbons (Fsp3) is 0.714. The van der Waals surface area contributed by atoms with Crippen molar-refractivity contribution in [2.75, 3.05) is 6.61 Å². The van der Waals surface area contributed by atoms with Gasteiger partial charge in [-0.25, -0.2) is 4.39 Å². The van der Waals surface area contributed by atoms with Crippen molar-refractivity contribution >= 4 is 23.5 Å². The number of ketones is 2. The van der Waals surface area contributed by atoms with Crippen LogP contribution in [0.2, 0.25) is 0 Å². The summed E-state index contributed by atoms with van der Waals surface area (Å²) < 4.78 is 28.5. The second-order valence-electron chi connectivity index (χ2n) is 11.4. The highest BCUT2D eigenvalue weighted by Gasteiger charge is 2.77. The topological polar surface area (TPSA) is 107 Å². The molecule has 7 nitrogen and oxygen atoms in total. The molecule has 8 heteroatoms. The minimum absolute atomic E-state index is 0.0430. The Hall–Kier alpha value is -2.35. The second kappa shape index (κ2) is 8.89. The third-order valence-electron chi connectivity index (χ3n) is 9.81. The molecule has 0 spiro atoms.